The van der Waals surface area contributed by atoms with Crippen molar-refractivity contribution in [3.05, 3.63) is 0 Å². The second-order valence-corrected chi connectivity index (χ2v) is 1.87. The maximum absolute atomic E-state index is 3.30. The molecule has 0 saturated heterocycles. The van der Waals surface area contributed by atoms with Crippen molar-refractivity contribution in [3.8, 4) is 0 Å². The highest BCUT2D eigenvalue weighted by Crippen LogP contribution is 1.84. The highest BCUT2D eigenvalue weighted by molar-refractivity contribution is 5.85. The summed E-state index contributed by atoms with van der Waals surface area (Å²) in [6.45, 7) is 7.61. The minimum absolute atomic E-state index is 0. The second-order valence-electron chi connectivity index (χ2n) is 1.87. The van der Waals surface area contributed by atoms with Crippen molar-refractivity contribution in [1.29, 1.82) is 0 Å². The van der Waals surface area contributed by atoms with Gasteiger partial charge in [-0.15, -0.1) is 12.4 Å². The Kier molecular flexibility index (Phi) is 10.1. The van der Waals surface area contributed by atoms with Crippen LogP contribution < -0.4 is 5.32 Å². The van der Waals surface area contributed by atoms with E-state index in [1.54, 1.807) is 0 Å². The summed E-state index contributed by atoms with van der Waals surface area (Å²) < 4.78 is 0. The number of halogens is 1. The van der Waals surface area contributed by atoms with Crippen LogP contribution in [0.3, 0.4) is 0 Å². The molecule has 0 aliphatic carbocycles. The Hall–Kier alpha value is 0.250. The van der Waals surface area contributed by atoms with Crippen LogP contribution in [0, 0.1) is 0 Å². The Balaban J connectivity index is 0. The van der Waals surface area contributed by atoms with Crippen LogP contribution in [0.5, 0.6) is 0 Å². The van der Waals surface area contributed by atoms with Gasteiger partial charge in [0.2, 0.25) is 0 Å². The Morgan fingerprint density at radius 2 is 1.88 bits per heavy atom. The number of nitrogens with one attached hydrogen (secondary N) is 1. The average molecular weight is 138 g/mol. The lowest BCUT2D eigenvalue weighted by Gasteiger charge is -2.06. The van der Waals surface area contributed by atoms with Gasteiger partial charge < -0.3 is 5.32 Å². The van der Waals surface area contributed by atoms with Gasteiger partial charge in [-0.05, 0) is 19.9 Å². The summed E-state index contributed by atoms with van der Waals surface area (Å²) in [5, 5.41) is 3.30. The summed E-state index contributed by atoms with van der Waals surface area (Å²) in [7, 11) is 0. The predicted octanol–water partition coefficient (Wildman–Crippen LogP) is 1.82. The fourth-order valence-corrected chi connectivity index (χ4v) is 0.493. The molecule has 0 aromatic heterocycles. The van der Waals surface area contributed by atoms with Gasteiger partial charge in [-0.2, -0.15) is 0 Å². The van der Waals surface area contributed by atoms with E-state index in [9.17, 15) is 0 Å². The summed E-state index contributed by atoms with van der Waals surface area (Å²) in [6, 6.07) is 0.699. The zero-order valence-corrected chi connectivity index (χ0v) is 6.72. The first-order valence-electron chi connectivity index (χ1n) is 3.04. The molecule has 0 unspecified atom stereocenters. The first kappa shape index (κ1) is 11.1. The lowest BCUT2D eigenvalue weighted by Crippen LogP contribution is -2.24. The van der Waals surface area contributed by atoms with Gasteiger partial charge in [-0.3, -0.25) is 0 Å². The van der Waals surface area contributed by atoms with Crippen molar-refractivity contribution in [2.24, 2.45) is 0 Å². The first-order chi connectivity index (χ1) is 3.31. The molecule has 0 rings (SSSR count). The maximum Gasteiger partial charge on any atom is 0.00359 e. The van der Waals surface area contributed by atoms with Crippen molar-refractivity contribution >= 4 is 12.4 Å². The van der Waals surface area contributed by atoms with E-state index in [1.807, 2.05) is 0 Å². The van der Waals surface area contributed by atoms with E-state index in [0.717, 1.165) is 6.54 Å². The molecular formula is C6H16ClN. The summed E-state index contributed by atoms with van der Waals surface area (Å²) in [4.78, 5) is 0. The van der Waals surface area contributed by atoms with Crippen molar-refractivity contribution in [2.45, 2.75) is 33.2 Å². The predicted molar refractivity (Wildman–Crippen MR) is 40.7 cm³/mol. The van der Waals surface area contributed by atoms with Crippen LogP contribution in [-0.2, 0) is 0 Å². The fraction of sp³-hybridized carbons (Fsp3) is 1.00. The number of rotatable bonds is 3. The molecule has 1 atom stereocenters. The quantitative estimate of drug-likeness (QED) is 0.626. The average Bonchev–Trinajstić information content (AvgIpc) is 1.68. The first-order valence-corrected chi connectivity index (χ1v) is 3.04. The Morgan fingerprint density at radius 1 is 1.38 bits per heavy atom. The van der Waals surface area contributed by atoms with Crippen LogP contribution in [0.15, 0.2) is 0 Å². The van der Waals surface area contributed by atoms with E-state index in [-0.39, 0.29) is 12.4 Å². The lowest BCUT2D eigenvalue weighted by molar-refractivity contribution is 0.553. The molecule has 8 heavy (non-hydrogen) atoms. The maximum atomic E-state index is 3.30. The molecule has 1 N–H and O–H groups in total. The molecule has 0 aliphatic heterocycles. The Morgan fingerprint density at radius 3 is 2.00 bits per heavy atom. The van der Waals surface area contributed by atoms with E-state index in [4.69, 9.17) is 0 Å². The number of hydrogen-bond acceptors (Lipinski definition) is 1. The zero-order chi connectivity index (χ0) is 5.70. The van der Waals surface area contributed by atoms with Crippen molar-refractivity contribution in [3.63, 3.8) is 0 Å². The third-order valence-electron chi connectivity index (χ3n) is 1.16. The van der Waals surface area contributed by atoms with Crippen LogP contribution in [0.1, 0.15) is 27.2 Å². The molecule has 0 saturated carbocycles. The Bertz CT molecular complexity index is 39.5. The SMILES string of the molecule is CCN[C@H](C)CC.Cl. The molecule has 0 spiro atoms. The summed E-state index contributed by atoms with van der Waals surface area (Å²) >= 11 is 0. The van der Waals surface area contributed by atoms with Crippen LogP contribution in [0.4, 0.5) is 0 Å². The third-order valence-corrected chi connectivity index (χ3v) is 1.16. The minimum Gasteiger partial charge on any atom is -0.315 e. The largest absolute Gasteiger partial charge is 0.315 e. The van der Waals surface area contributed by atoms with Crippen molar-refractivity contribution in [2.75, 3.05) is 6.54 Å². The standard InChI is InChI=1S/C6H15N.ClH/c1-4-6(3)7-5-2;/h6-7H,4-5H2,1-3H3;1H/t6-;/m1./s1. The molecular weight excluding hydrogens is 122 g/mol. The molecule has 0 radical (unpaired) electrons. The van der Waals surface area contributed by atoms with Gasteiger partial charge in [0.1, 0.15) is 0 Å². The summed E-state index contributed by atoms with van der Waals surface area (Å²) in [5.74, 6) is 0. The van der Waals surface area contributed by atoms with Crippen LogP contribution >= 0.6 is 12.4 Å². The van der Waals surface area contributed by atoms with Gasteiger partial charge in [0.05, 0.1) is 0 Å². The molecule has 52 valence electrons. The third kappa shape index (κ3) is 6.25. The van der Waals surface area contributed by atoms with Crippen LogP contribution in [0.25, 0.3) is 0 Å². The van der Waals surface area contributed by atoms with Gasteiger partial charge in [0.15, 0.2) is 0 Å². The van der Waals surface area contributed by atoms with Gasteiger partial charge >= 0.3 is 0 Å². The van der Waals surface area contributed by atoms with Gasteiger partial charge in [-0.25, -0.2) is 0 Å². The molecule has 0 fully saturated rings. The fourth-order valence-electron chi connectivity index (χ4n) is 0.493. The van der Waals surface area contributed by atoms with E-state index in [2.05, 4.69) is 26.1 Å². The molecule has 0 aromatic rings. The molecule has 0 aromatic carbocycles. The van der Waals surface area contributed by atoms with E-state index in [1.165, 1.54) is 6.42 Å². The molecule has 1 nitrogen and oxygen atoms in total. The Labute approximate surface area is 58.3 Å². The molecule has 0 heterocycles. The minimum atomic E-state index is 0. The number of hydrogen-bond donors (Lipinski definition) is 1. The van der Waals surface area contributed by atoms with Gasteiger partial charge in [0.25, 0.3) is 0 Å². The van der Waals surface area contributed by atoms with Crippen molar-refractivity contribution < 1.29 is 0 Å². The molecule has 0 aliphatic rings. The van der Waals surface area contributed by atoms with Crippen LogP contribution in [0.2, 0.25) is 0 Å². The smallest absolute Gasteiger partial charge is 0.00359 e. The highest BCUT2D eigenvalue weighted by atomic mass is 35.5. The summed E-state index contributed by atoms with van der Waals surface area (Å²) in [6.07, 6.45) is 1.23. The van der Waals surface area contributed by atoms with Gasteiger partial charge in [0, 0.05) is 6.04 Å². The normalized spacial score (nSPS) is 12.4. The molecule has 2 heteroatoms. The van der Waals surface area contributed by atoms with Gasteiger partial charge in [-0.1, -0.05) is 13.8 Å². The summed E-state index contributed by atoms with van der Waals surface area (Å²) in [5.41, 5.74) is 0. The van der Waals surface area contributed by atoms with E-state index in [0.29, 0.717) is 6.04 Å². The second kappa shape index (κ2) is 7.25. The highest BCUT2D eigenvalue weighted by Gasteiger charge is 1.90. The molecule has 0 bridgehead atoms. The zero-order valence-electron chi connectivity index (χ0n) is 5.90. The van der Waals surface area contributed by atoms with Crippen LogP contribution in [-0.4, -0.2) is 12.6 Å². The van der Waals surface area contributed by atoms with E-state index < -0.39 is 0 Å². The monoisotopic (exact) mass is 137 g/mol. The van der Waals surface area contributed by atoms with E-state index >= 15 is 0 Å². The van der Waals surface area contributed by atoms with Crippen molar-refractivity contribution in [1.82, 2.24) is 5.32 Å². The topological polar surface area (TPSA) is 12.0 Å². The molecule has 0 amide bonds. The lowest BCUT2D eigenvalue weighted by atomic mass is 10.3.